The van der Waals surface area contributed by atoms with Crippen LogP contribution in [0.2, 0.25) is 0 Å². The molecule has 0 spiro atoms. The molecule has 0 aliphatic carbocycles. The predicted molar refractivity (Wildman–Crippen MR) is 139 cm³/mol. The zero-order valence-electron chi connectivity index (χ0n) is 20.7. The zero-order chi connectivity index (χ0) is 24.9. The lowest BCUT2D eigenvalue weighted by Gasteiger charge is -2.28. The number of unbranched alkanes of at least 4 members (excludes halogenated alkanes) is 9. The van der Waals surface area contributed by atoms with Gasteiger partial charge in [-0.1, -0.05) is 57.4 Å². The number of nitrogens with zero attached hydrogens (tertiary/aromatic N) is 3. The van der Waals surface area contributed by atoms with Gasteiger partial charge in [-0.2, -0.15) is 0 Å². The molecule has 190 valence electrons. The Morgan fingerprint density at radius 2 is 1.69 bits per heavy atom. The van der Waals surface area contributed by atoms with Gasteiger partial charge in [0.1, 0.15) is 5.82 Å². The smallest absolute Gasteiger partial charge is 0.269 e. The van der Waals surface area contributed by atoms with Crippen LogP contribution in [0.15, 0.2) is 36.5 Å². The Bertz CT molecular complexity index is 966. The quantitative estimate of drug-likeness (QED) is 0.204. The highest BCUT2D eigenvalue weighted by Crippen LogP contribution is 2.24. The molecule has 8 nitrogen and oxygen atoms in total. The molecule has 0 saturated heterocycles. The highest BCUT2D eigenvalue weighted by atomic mass is 16.6. The third-order valence-corrected chi connectivity index (χ3v) is 6.76. The van der Waals surface area contributed by atoms with E-state index in [1.54, 1.807) is 30.5 Å². The molecular formula is C27H39N5O3. The van der Waals surface area contributed by atoms with Gasteiger partial charge in [0.25, 0.3) is 11.6 Å². The number of fused-ring (bicyclic) bond motifs is 1. The molecule has 0 fully saturated rings. The van der Waals surface area contributed by atoms with Crippen LogP contribution in [-0.4, -0.2) is 40.3 Å². The number of hydrogen-bond donors (Lipinski definition) is 2. The van der Waals surface area contributed by atoms with Crippen molar-refractivity contribution >= 4 is 17.4 Å². The monoisotopic (exact) mass is 481 g/mol. The first-order valence-corrected chi connectivity index (χ1v) is 13.0. The summed E-state index contributed by atoms with van der Waals surface area (Å²) >= 11 is 0. The number of amides is 1. The van der Waals surface area contributed by atoms with Crippen LogP contribution in [0.25, 0.3) is 0 Å². The van der Waals surface area contributed by atoms with E-state index in [0.717, 1.165) is 44.5 Å². The Morgan fingerprint density at radius 3 is 2.37 bits per heavy atom. The molecule has 35 heavy (non-hydrogen) atoms. The number of anilines is 1. The van der Waals surface area contributed by atoms with Crippen molar-refractivity contribution in [3.8, 4) is 0 Å². The summed E-state index contributed by atoms with van der Waals surface area (Å²) in [6.45, 7) is 3.69. The number of nitro benzene ring substituents is 1. The molecule has 8 heteroatoms. The number of nitrogens with one attached hydrogen (secondary N) is 1. The number of benzene rings is 1. The van der Waals surface area contributed by atoms with Gasteiger partial charge in [0.05, 0.1) is 10.5 Å². The largest absolute Gasteiger partial charge is 0.383 e. The van der Waals surface area contributed by atoms with Crippen LogP contribution in [0.4, 0.5) is 11.5 Å². The summed E-state index contributed by atoms with van der Waals surface area (Å²) in [4.78, 5) is 29.1. The lowest BCUT2D eigenvalue weighted by Crippen LogP contribution is -2.31. The van der Waals surface area contributed by atoms with Crippen molar-refractivity contribution in [1.82, 2.24) is 15.2 Å². The Balaban J connectivity index is 1.12. The Labute approximate surface area is 208 Å². The van der Waals surface area contributed by atoms with E-state index in [1.807, 2.05) is 6.07 Å². The molecule has 0 atom stereocenters. The highest BCUT2D eigenvalue weighted by molar-refractivity contribution is 5.98. The fourth-order valence-corrected chi connectivity index (χ4v) is 4.68. The van der Waals surface area contributed by atoms with Crippen molar-refractivity contribution in [3.05, 3.63) is 63.3 Å². The van der Waals surface area contributed by atoms with Crippen LogP contribution in [0, 0.1) is 10.1 Å². The molecule has 1 aliphatic rings. The first-order chi connectivity index (χ1) is 17.0. The summed E-state index contributed by atoms with van der Waals surface area (Å²) in [5.74, 6) is 0.129. The molecule has 0 unspecified atom stereocenters. The number of rotatable bonds is 15. The number of non-ortho nitro benzene ring substituents is 1. The van der Waals surface area contributed by atoms with E-state index in [4.69, 9.17) is 5.73 Å². The minimum Gasteiger partial charge on any atom is -0.383 e. The van der Waals surface area contributed by atoms with Gasteiger partial charge in [-0.25, -0.2) is 4.98 Å². The van der Waals surface area contributed by atoms with Gasteiger partial charge in [-0.3, -0.25) is 19.8 Å². The molecule has 2 aromatic rings. The van der Waals surface area contributed by atoms with E-state index in [-0.39, 0.29) is 22.3 Å². The van der Waals surface area contributed by atoms with Crippen molar-refractivity contribution in [2.24, 2.45) is 0 Å². The van der Waals surface area contributed by atoms with Gasteiger partial charge in [0, 0.05) is 38.0 Å². The fourth-order valence-electron chi connectivity index (χ4n) is 4.68. The minimum atomic E-state index is -0.309. The van der Waals surface area contributed by atoms with Crippen molar-refractivity contribution in [2.75, 3.05) is 25.4 Å². The normalized spacial score (nSPS) is 13.4. The number of pyridine rings is 1. The standard InChI is InChI=1S/C27H39N5O3/c28-26-25(12-11-17-29-26)27(33)30-16-9-7-5-3-1-2-4-6-8-10-18-31-19-15-22-20-24(32(34)35)14-13-23(22)21-31/h11-14,17,20H,1-10,15-16,18-19,21H2,(H2,28,29)(H,30,33). The van der Waals surface area contributed by atoms with Crippen molar-refractivity contribution in [1.29, 1.82) is 0 Å². The molecule has 3 rings (SSSR count). The molecule has 0 saturated carbocycles. The number of aromatic nitrogens is 1. The van der Waals surface area contributed by atoms with Gasteiger partial charge in [-0.05, 0) is 49.1 Å². The second-order valence-corrected chi connectivity index (χ2v) is 9.46. The second kappa shape index (κ2) is 14.4. The first-order valence-electron chi connectivity index (χ1n) is 13.0. The maximum absolute atomic E-state index is 12.1. The third kappa shape index (κ3) is 8.94. The maximum atomic E-state index is 12.1. The van der Waals surface area contributed by atoms with E-state index in [0.29, 0.717) is 12.1 Å². The molecule has 3 N–H and O–H groups in total. The number of carbonyl (C=O) groups is 1. The zero-order valence-corrected chi connectivity index (χ0v) is 20.7. The number of hydrogen-bond acceptors (Lipinski definition) is 6. The van der Waals surface area contributed by atoms with Crippen LogP contribution in [0.5, 0.6) is 0 Å². The lowest BCUT2D eigenvalue weighted by molar-refractivity contribution is -0.384. The number of nitrogen functional groups attached to an aromatic ring is 1. The SMILES string of the molecule is Nc1ncccc1C(=O)NCCCCCCCCCCCCN1CCc2cc([N+](=O)[O-])ccc2C1. The highest BCUT2D eigenvalue weighted by Gasteiger charge is 2.18. The summed E-state index contributed by atoms with van der Waals surface area (Å²) in [7, 11) is 0. The second-order valence-electron chi connectivity index (χ2n) is 9.46. The summed E-state index contributed by atoms with van der Waals surface area (Å²) in [5.41, 5.74) is 8.75. The molecule has 1 aromatic heterocycles. The van der Waals surface area contributed by atoms with Crippen LogP contribution in [0.3, 0.4) is 0 Å². The van der Waals surface area contributed by atoms with Gasteiger partial charge in [0.15, 0.2) is 0 Å². The van der Waals surface area contributed by atoms with E-state index in [1.165, 1.54) is 56.9 Å². The molecule has 1 aromatic carbocycles. The molecular weight excluding hydrogens is 442 g/mol. The van der Waals surface area contributed by atoms with Crippen LogP contribution >= 0.6 is 0 Å². The molecule has 1 aliphatic heterocycles. The van der Waals surface area contributed by atoms with E-state index in [9.17, 15) is 14.9 Å². The summed E-state index contributed by atoms with van der Waals surface area (Å²) in [6, 6.07) is 8.71. The third-order valence-electron chi connectivity index (χ3n) is 6.76. The fraction of sp³-hybridized carbons (Fsp3) is 0.556. The van der Waals surface area contributed by atoms with Crippen LogP contribution in [0.1, 0.15) is 85.7 Å². The van der Waals surface area contributed by atoms with Crippen LogP contribution in [-0.2, 0) is 13.0 Å². The van der Waals surface area contributed by atoms with Crippen molar-refractivity contribution < 1.29 is 9.72 Å². The number of nitrogens with two attached hydrogens (primary N) is 1. The minimum absolute atomic E-state index is 0.146. The van der Waals surface area contributed by atoms with Gasteiger partial charge in [-0.15, -0.1) is 0 Å². The first kappa shape index (κ1) is 26.6. The summed E-state index contributed by atoms with van der Waals surface area (Å²) in [6.07, 6.45) is 14.8. The average Bonchev–Trinajstić information content (AvgIpc) is 2.86. The van der Waals surface area contributed by atoms with Crippen molar-refractivity contribution in [2.45, 2.75) is 77.2 Å². The molecule has 0 bridgehead atoms. The Kier molecular flexibility index (Phi) is 11.0. The molecule has 0 radical (unpaired) electrons. The predicted octanol–water partition coefficient (Wildman–Crippen LogP) is 5.26. The Morgan fingerprint density at radius 1 is 1.00 bits per heavy atom. The topological polar surface area (TPSA) is 114 Å². The van der Waals surface area contributed by atoms with Gasteiger partial charge >= 0.3 is 0 Å². The van der Waals surface area contributed by atoms with E-state index < -0.39 is 0 Å². The Hall–Kier alpha value is -3.00. The van der Waals surface area contributed by atoms with E-state index >= 15 is 0 Å². The summed E-state index contributed by atoms with van der Waals surface area (Å²) < 4.78 is 0. The number of carbonyl (C=O) groups excluding carboxylic acids is 1. The van der Waals surface area contributed by atoms with Crippen LogP contribution < -0.4 is 11.1 Å². The number of nitro groups is 1. The van der Waals surface area contributed by atoms with Crippen molar-refractivity contribution in [3.63, 3.8) is 0 Å². The van der Waals surface area contributed by atoms with Gasteiger partial charge in [0.2, 0.25) is 0 Å². The lowest BCUT2D eigenvalue weighted by atomic mass is 9.98. The van der Waals surface area contributed by atoms with E-state index in [2.05, 4.69) is 15.2 Å². The average molecular weight is 482 g/mol. The molecule has 1 amide bonds. The van der Waals surface area contributed by atoms with Gasteiger partial charge < -0.3 is 11.1 Å². The summed E-state index contributed by atoms with van der Waals surface area (Å²) in [5, 5.41) is 13.9. The maximum Gasteiger partial charge on any atom is 0.269 e. The molecule has 2 heterocycles.